The number of anilines is 1. The van der Waals surface area contributed by atoms with E-state index in [1.165, 1.54) is 41.2 Å². The van der Waals surface area contributed by atoms with Gasteiger partial charge in [-0.3, -0.25) is 9.36 Å². The third-order valence-electron chi connectivity index (χ3n) is 2.08. The van der Waals surface area contributed by atoms with Crippen molar-refractivity contribution in [2.75, 3.05) is 5.43 Å². The maximum atomic E-state index is 12.7. The lowest BCUT2D eigenvalue weighted by atomic mass is 10.3. The zero-order valence-electron chi connectivity index (χ0n) is 8.22. The molecule has 82 valence electrons. The maximum absolute atomic E-state index is 12.7. The minimum atomic E-state index is -0.392. The van der Waals surface area contributed by atoms with Crippen LogP contribution in [0, 0.1) is 5.82 Å². The van der Waals surface area contributed by atoms with E-state index in [4.69, 9.17) is 5.84 Å². The Labute approximate surface area is 90.3 Å². The first-order valence-corrected chi connectivity index (χ1v) is 4.52. The Balaban J connectivity index is 2.56. The largest absolute Gasteiger partial charge is 0.304 e. The first kappa shape index (κ1) is 10.3. The van der Waals surface area contributed by atoms with Crippen LogP contribution in [-0.2, 0) is 0 Å². The number of nitrogen functional groups attached to an aromatic ring is 1. The first-order valence-electron chi connectivity index (χ1n) is 4.52. The van der Waals surface area contributed by atoms with Gasteiger partial charge < -0.3 is 5.43 Å². The van der Waals surface area contributed by atoms with Crippen LogP contribution in [0.3, 0.4) is 0 Å². The van der Waals surface area contributed by atoms with E-state index in [0.29, 0.717) is 5.69 Å². The number of rotatable bonds is 2. The van der Waals surface area contributed by atoms with E-state index in [1.54, 1.807) is 0 Å². The average Bonchev–Trinajstić information content (AvgIpc) is 2.31. The Morgan fingerprint density at radius 1 is 1.31 bits per heavy atom. The smallest absolute Gasteiger partial charge is 0.299 e. The van der Waals surface area contributed by atoms with E-state index >= 15 is 0 Å². The Kier molecular flexibility index (Phi) is 2.65. The molecule has 3 N–H and O–H groups in total. The molecule has 0 unspecified atom stereocenters. The predicted molar refractivity (Wildman–Crippen MR) is 57.6 cm³/mol. The zero-order valence-corrected chi connectivity index (χ0v) is 8.22. The van der Waals surface area contributed by atoms with Crippen molar-refractivity contribution in [1.29, 1.82) is 0 Å². The molecule has 0 fully saturated rings. The summed E-state index contributed by atoms with van der Waals surface area (Å²) in [5.74, 6) is 4.81. The van der Waals surface area contributed by atoms with Gasteiger partial charge in [0.25, 0.3) is 5.56 Å². The van der Waals surface area contributed by atoms with Crippen molar-refractivity contribution in [3.05, 3.63) is 52.8 Å². The molecule has 0 atom stereocenters. The van der Waals surface area contributed by atoms with E-state index in [-0.39, 0.29) is 11.6 Å². The molecule has 5 nitrogen and oxygen atoms in total. The highest BCUT2D eigenvalue weighted by Gasteiger charge is 2.04. The molecule has 0 saturated heterocycles. The van der Waals surface area contributed by atoms with Crippen LogP contribution in [0.25, 0.3) is 5.69 Å². The zero-order chi connectivity index (χ0) is 11.5. The Morgan fingerprint density at radius 2 is 2.00 bits per heavy atom. The summed E-state index contributed by atoms with van der Waals surface area (Å²) in [6, 6.07) is 5.55. The lowest BCUT2D eigenvalue weighted by Gasteiger charge is -2.06. The van der Waals surface area contributed by atoms with Gasteiger partial charge in [0, 0.05) is 18.1 Å². The lowest BCUT2D eigenvalue weighted by molar-refractivity contribution is 0.627. The first-order chi connectivity index (χ1) is 7.72. The van der Waals surface area contributed by atoms with Gasteiger partial charge in [0.15, 0.2) is 0 Å². The second-order valence-electron chi connectivity index (χ2n) is 3.07. The highest BCUT2D eigenvalue weighted by molar-refractivity contribution is 5.37. The van der Waals surface area contributed by atoms with E-state index in [9.17, 15) is 9.18 Å². The topological polar surface area (TPSA) is 72.9 Å². The molecule has 2 rings (SSSR count). The Morgan fingerprint density at radius 3 is 2.62 bits per heavy atom. The van der Waals surface area contributed by atoms with Gasteiger partial charge in [-0.1, -0.05) is 0 Å². The molecule has 0 aliphatic rings. The Bertz CT molecular complexity index is 549. The van der Waals surface area contributed by atoms with Crippen LogP contribution in [0.5, 0.6) is 0 Å². The van der Waals surface area contributed by atoms with Crippen molar-refractivity contribution >= 4 is 5.82 Å². The molecule has 1 heterocycles. The van der Waals surface area contributed by atoms with Crippen LogP contribution in [0.15, 0.2) is 41.5 Å². The quantitative estimate of drug-likeness (QED) is 0.576. The lowest BCUT2D eigenvalue weighted by Crippen LogP contribution is -2.25. The minimum Gasteiger partial charge on any atom is -0.304 e. The number of nitrogens with zero attached hydrogens (tertiary/aromatic N) is 2. The van der Waals surface area contributed by atoms with Crippen LogP contribution in [0.1, 0.15) is 0 Å². The van der Waals surface area contributed by atoms with Crippen LogP contribution in [0.4, 0.5) is 10.2 Å². The molecule has 0 spiro atoms. The van der Waals surface area contributed by atoms with Gasteiger partial charge in [0.1, 0.15) is 5.82 Å². The van der Waals surface area contributed by atoms with Gasteiger partial charge >= 0.3 is 0 Å². The van der Waals surface area contributed by atoms with Crippen molar-refractivity contribution in [3.63, 3.8) is 0 Å². The van der Waals surface area contributed by atoms with Crippen LogP contribution in [0.2, 0.25) is 0 Å². The molecular formula is C10H9FN4O. The van der Waals surface area contributed by atoms with E-state index < -0.39 is 5.56 Å². The van der Waals surface area contributed by atoms with Gasteiger partial charge in [-0.05, 0) is 24.3 Å². The molecule has 6 heteroatoms. The standard InChI is InChI=1S/C10H9FN4O/c11-7-1-3-8(4-2-7)15-6-5-13-9(14-12)10(15)16/h1-6H,12H2,(H,13,14). The molecule has 0 aliphatic carbocycles. The number of aromatic nitrogens is 2. The van der Waals surface area contributed by atoms with E-state index in [1.807, 2.05) is 0 Å². The monoisotopic (exact) mass is 220 g/mol. The minimum absolute atomic E-state index is 0.0341. The molecule has 0 radical (unpaired) electrons. The molecular weight excluding hydrogens is 211 g/mol. The predicted octanol–water partition coefficient (Wildman–Crippen LogP) is 0.657. The fourth-order valence-electron chi connectivity index (χ4n) is 1.32. The molecule has 0 bridgehead atoms. The highest BCUT2D eigenvalue weighted by Crippen LogP contribution is 2.06. The van der Waals surface area contributed by atoms with Gasteiger partial charge in [0.05, 0.1) is 0 Å². The molecule has 16 heavy (non-hydrogen) atoms. The van der Waals surface area contributed by atoms with Crippen LogP contribution < -0.4 is 16.8 Å². The number of halogens is 1. The highest BCUT2D eigenvalue weighted by atomic mass is 19.1. The number of hydrogen-bond donors (Lipinski definition) is 2. The fraction of sp³-hybridized carbons (Fsp3) is 0. The normalized spacial score (nSPS) is 10.1. The molecule has 0 aliphatic heterocycles. The van der Waals surface area contributed by atoms with Crippen molar-refractivity contribution < 1.29 is 4.39 Å². The summed E-state index contributed by atoms with van der Waals surface area (Å²) >= 11 is 0. The second-order valence-corrected chi connectivity index (χ2v) is 3.07. The van der Waals surface area contributed by atoms with Crippen LogP contribution in [-0.4, -0.2) is 9.55 Å². The van der Waals surface area contributed by atoms with Gasteiger partial charge in [-0.15, -0.1) is 0 Å². The molecule has 1 aromatic carbocycles. The van der Waals surface area contributed by atoms with Gasteiger partial charge in [0.2, 0.25) is 5.82 Å². The van der Waals surface area contributed by atoms with E-state index in [2.05, 4.69) is 10.4 Å². The Hall–Kier alpha value is -2.21. The van der Waals surface area contributed by atoms with Crippen molar-refractivity contribution in [2.24, 2.45) is 5.84 Å². The molecule has 0 saturated carbocycles. The third kappa shape index (κ3) is 1.78. The van der Waals surface area contributed by atoms with Crippen LogP contribution >= 0.6 is 0 Å². The number of benzene rings is 1. The fourth-order valence-corrected chi connectivity index (χ4v) is 1.32. The van der Waals surface area contributed by atoms with Crippen molar-refractivity contribution in [2.45, 2.75) is 0 Å². The third-order valence-corrected chi connectivity index (χ3v) is 2.08. The van der Waals surface area contributed by atoms with Gasteiger partial charge in [-0.2, -0.15) is 0 Å². The SMILES string of the molecule is NNc1nccn(-c2ccc(F)cc2)c1=O. The summed E-state index contributed by atoms with van der Waals surface area (Å²) < 4.78 is 14.0. The second kappa shape index (κ2) is 4.11. The number of hydrazine groups is 1. The number of nitrogens with one attached hydrogen (secondary N) is 1. The summed E-state index contributed by atoms with van der Waals surface area (Å²) in [5, 5.41) is 0. The molecule has 0 amide bonds. The van der Waals surface area contributed by atoms with Gasteiger partial charge in [-0.25, -0.2) is 15.2 Å². The maximum Gasteiger partial charge on any atom is 0.299 e. The summed E-state index contributed by atoms with van der Waals surface area (Å²) in [4.78, 5) is 15.5. The number of hydrogen-bond acceptors (Lipinski definition) is 4. The molecule has 1 aromatic heterocycles. The average molecular weight is 220 g/mol. The van der Waals surface area contributed by atoms with E-state index in [0.717, 1.165) is 0 Å². The van der Waals surface area contributed by atoms with Crippen molar-refractivity contribution in [3.8, 4) is 5.69 Å². The summed E-state index contributed by atoms with van der Waals surface area (Å²) in [6.07, 6.45) is 2.91. The summed E-state index contributed by atoms with van der Waals surface area (Å²) in [6.45, 7) is 0. The summed E-state index contributed by atoms with van der Waals surface area (Å²) in [5.41, 5.74) is 2.35. The summed E-state index contributed by atoms with van der Waals surface area (Å²) in [7, 11) is 0. The van der Waals surface area contributed by atoms with Crippen molar-refractivity contribution in [1.82, 2.24) is 9.55 Å². The molecule has 2 aromatic rings. The number of nitrogens with two attached hydrogens (primary N) is 1.